The van der Waals surface area contributed by atoms with Crippen LogP contribution < -0.4 is 14.8 Å². The van der Waals surface area contributed by atoms with E-state index in [9.17, 15) is 4.21 Å². The fourth-order valence-electron chi connectivity index (χ4n) is 2.70. The summed E-state index contributed by atoms with van der Waals surface area (Å²) in [7, 11) is 0.0173. The molecule has 5 nitrogen and oxygen atoms in total. The Morgan fingerprint density at radius 3 is 2.55 bits per heavy atom. The number of hydrogen-bond donors (Lipinski definition) is 2. The van der Waals surface area contributed by atoms with Crippen molar-refractivity contribution in [3.8, 4) is 16.2 Å². The minimum atomic E-state index is -1.55. The SMILES string of the molecule is COc1ccc(-c2sc(NC(C)(C)C)nc2C)cc1S(=O)Nc1ccccc1Cl. The molecule has 1 heterocycles. The molecule has 3 aromatic rings. The first-order chi connectivity index (χ1) is 13.7. The molecule has 0 fully saturated rings. The second kappa shape index (κ2) is 8.73. The lowest BCUT2D eigenvalue weighted by atomic mass is 10.1. The van der Waals surface area contributed by atoms with Crippen molar-refractivity contribution in [2.45, 2.75) is 38.1 Å². The zero-order chi connectivity index (χ0) is 21.2. The summed E-state index contributed by atoms with van der Waals surface area (Å²) in [6, 6.07) is 12.9. The number of para-hydroxylation sites is 1. The van der Waals surface area contributed by atoms with Crippen molar-refractivity contribution in [2.24, 2.45) is 0 Å². The monoisotopic (exact) mass is 449 g/mol. The van der Waals surface area contributed by atoms with E-state index in [1.807, 2.05) is 37.3 Å². The van der Waals surface area contributed by atoms with Crippen molar-refractivity contribution in [1.29, 1.82) is 0 Å². The smallest absolute Gasteiger partial charge is 0.183 e. The van der Waals surface area contributed by atoms with Gasteiger partial charge in [0.25, 0.3) is 0 Å². The summed E-state index contributed by atoms with van der Waals surface area (Å²) in [6.45, 7) is 8.26. The first kappa shape index (κ1) is 21.6. The first-order valence-corrected chi connectivity index (χ1v) is 11.4. The third-order valence-corrected chi connectivity index (χ3v) is 6.56. The van der Waals surface area contributed by atoms with Crippen molar-refractivity contribution in [2.75, 3.05) is 17.1 Å². The number of benzene rings is 2. The average Bonchev–Trinajstić information content (AvgIpc) is 3.01. The van der Waals surface area contributed by atoms with E-state index in [0.717, 1.165) is 21.3 Å². The molecule has 0 amide bonds. The highest BCUT2D eigenvalue weighted by molar-refractivity contribution is 7.86. The van der Waals surface area contributed by atoms with Gasteiger partial charge in [-0.05, 0) is 63.6 Å². The molecule has 0 aliphatic rings. The molecular formula is C21H24ClN3O2S2. The summed E-state index contributed by atoms with van der Waals surface area (Å²) < 4.78 is 21.4. The van der Waals surface area contributed by atoms with Crippen LogP contribution in [0.5, 0.6) is 5.75 Å². The fourth-order valence-corrected chi connectivity index (χ4v) is 5.17. The Labute approximate surface area is 183 Å². The second-order valence-electron chi connectivity index (χ2n) is 7.52. The lowest BCUT2D eigenvalue weighted by Gasteiger charge is -2.19. The van der Waals surface area contributed by atoms with E-state index in [2.05, 4.69) is 35.8 Å². The van der Waals surface area contributed by atoms with Gasteiger partial charge in [0, 0.05) is 5.54 Å². The van der Waals surface area contributed by atoms with Crippen LogP contribution in [0.3, 0.4) is 0 Å². The molecule has 2 N–H and O–H groups in total. The topological polar surface area (TPSA) is 63.2 Å². The molecule has 1 atom stereocenters. The lowest BCUT2D eigenvalue weighted by molar-refractivity contribution is 0.404. The van der Waals surface area contributed by atoms with Gasteiger partial charge in [0.1, 0.15) is 10.6 Å². The van der Waals surface area contributed by atoms with Gasteiger partial charge in [-0.2, -0.15) is 0 Å². The molecule has 0 aliphatic heterocycles. The molecule has 0 aliphatic carbocycles. The molecule has 8 heteroatoms. The number of nitrogens with one attached hydrogen (secondary N) is 2. The number of thiazole rings is 1. The van der Waals surface area contributed by atoms with Gasteiger partial charge in [0.15, 0.2) is 16.1 Å². The van der Waals surface area contributed by atoms with E-state index >= 15 is 0 Å². The van der Waals surface area contributed by atoms with Crippen LogP contribution in [0.2, 0.25) is 5.02 Å². The highest BCUT2D eigenvalue weighted by Gasteiger charge is 2.18. The zero-order valence-electron chi connectivity index (χ0n) is 17.0. The Balaban J connectivity index is 1.95. The molecule has 0 saturated carbocycles. The van der Waals surface area contributed by atoms with Gasteiger partial charge < -0.3 is 10.1 Å². The number of halogens is 1. The molecule has 1 aromatic heterocycles. The number of methoxy groups -OCH3 is 1. The Kier molecular flexibility index (Phi) is 6.51. The van der Waals surface area contributed by atoms with Crippen LogP contribution in [0, 0.1) is 6.92 Å². The van der Waals surface area contributed by atoms with Gasteiger partial charge in [0.2, 0.25) is 0 Å². The van der Waals surface area contributed by atoms with Crippen LogP contribution in [0.1, 0.15) is 26.5 Å². The van der Waals surface area contributed by atoms with Crippen molar-refractivity contribution >= 4 is 44.7 Å². The highest BCUT2D eigenvalue weighted by Crippen LogP contribution is 2.37. The fraction of sp³-hybridized carbons (Fsp3) is 0.286. The summed E-state index contributed by atoms with van der Waals surface area (Å²) in [5.41, 5.74) is 2.38. The van der Waals surface area contributed by atoms with Crippen LogP contribution in [-0.2, 0) is 11.0 Å². The van der Waals surface area contributed by atoms with E-state index in [1.165, 1.54) is 0 Å². The molecule has 154 valence electrons. The molecule has 0 radical (unpaired) electrons. The van der Waals surface area contributed by atoms with Crippen LogP contribution in [0.4, 0.5) is 10.8 Å². The number of rotatable bonds is 6. The molecule has 0 spiro atoms. The van der Waals surface area contributed by atoms with Gasteiger partial charge in [-0.15, -0.1) is 0 Å². The largest absolute Gasteiger partial charge is 0.495 e. The number of aryl methyl sites for hydroxylation is 1. The van der Waals surface area contributed by atoms with Gasteiger partial charge >= 0.3 is 0 Å². The van der Waals surface area contributed by atoms with Gasteiger partial charge in [-0.3, -0.25) is 4.72 Å². The Bertz CT molecular complexity index is 1040. The summed E-state index contributed by atoms with van der Waals surface area (Å²) in [5.74, 6) is 0.543. The summed E-state index contributed by atoms with van der Waals surface area (Å²) >= 11 is 7.77. The van der Waals surface area contributed by atoms with Crippen LogP contribution in [0.25, 0.3) is 10.4 Å². The quantitative estimate of drug-likeness (QED) is 0.475. The van der Waals surface area contributed by atoms with E-state index in [0.29, 0.717) is 21.4 Å². The molecule has 3 rings (SSSR count). The number of nitrogens with zero attached hydrogens (tertiary/aromatic N) is 1. The standard InChI is InChI=1S/C21H24ClN3O2S2/c1-13-19(28-20(23-13)24-21(2,3)4)14-10-11-17(27-5)18(12-14)29(26)25-16-9-7-6-8-15(16)22/h6-12,25H,1-5H3,(H,23,24). The van der Waals surface area contributed by atoms with Gasteiger partial charge in [0.05, 0.1) is 28.4 Å². The Hall–Kier alpha value is -2.09. The number of ether oxygens (including phenoxy) is 1. The van der Waals surface area contributed by atoms with Gasteiger partial charge in [-0.25, -0.2) is 9.19 Å². The molecule has 29 heavy (non-hydrogen) atoms. The van der Waals surface area contributed by atoms with Crippen molar-refractivity contribution in [3.05, 3.63) is 53.2 Å². The lowest BCUT2D eigenvalue weighted by Crippen LogP contribution is -2.25. The Morgan fingerprint density at radius 1 is 1.17 bits per heavy atom. The summed E-state index contributed by atoms with van der Waals surface area (Å²) in [6.07, 6.45) is 0. The van der Waals surface area contributed by atoms with E-state index in [-0.39, 0.29) is 5.54 Å². The van der Waals surface area contributed by atoms with Crippen LogP contribution >= 0.6 is 22.9 Å². The maximum atomic E-state index is 13.0. The molecule has 1 unspecified atom stereocenters. The number of aromatic nitrogens is 1. The molecule has 0 bridgehead atoms. The maximum absolute atomic E-state index is 13.0. The first-order valence-electron chi connectivity index (χ1n) is 9.05. The third-order valence-electron chi connectivity index (χ3n) is 3.98. The van der Waals surface area contributed by atoms with Crippen molar-refractivity contribution in [1.82, 2.24) is 4.98 Å². The predicted molar refractivity (Wildman–Crippen MR) is 124 cm³/mol. The summed E-state index contributed by atoms with van der Waals surface area (Å²) in [5, 5.41) is 4.77. The summed E-state index contributed by atoms with van der Waals surface area (Å²) in [4.78, 5) is 6.20. The minimum Gasteiger partial charge on any atom is -0.495 e. The van der Waals surface area contributed by atoms with E-state index < -0.39 is 11.0 Å². The van der Waals surface area contributed by atoms with Crippen LogP contribution in [-0.4, -0.2) is 21.8 Å². The number of anilines is 2. The van der Waals surface area contributed by atoms with Crippen LogP contribution in [0.15, 0.2) is 47.4 Å². The van der Waals surface area contributed by atoms with E-state index in [1.54, 1.807) is 30.6 Å². The predicted octanol–water partition coefficient (Wildman–Crippen LogP) is 6.13. The number of hydrogen-bond acceptors (Lipinski definition) is 5. The third kappa shape index (κ3) is 5.29. The average molecular weight is 450 g/mol. The van der Waals surface area contributed by atoms with E-state index in [4.69, 9.17) is 16.3 Å². The Morgan fingerprint density at radius 2 is 1.90 bits per heavy atom. The molecule has 0 saturated heterocycles. The molecular weight excluding hydrogens is 426 g/mol. The zero-order valence-corrected chi connectivity index (χ0v) is 19.4. The highest BCUT2D eigenvalue weighted by atomic mass is 35.5. The van der Waals surface area contributed by atoms with Crippen molar-refractivity contribution in [3.63, 3.8) is 0 Å². The minimum absolute atomic E-state index is 0.0764. The van der Waals surface area contributed by atoms with Gasteiger partial charge in [-0.1, -0.05) is 35.1 Å². The normalized spacial score (nSPS) is 12.5. The maximum Gasteiger partial charge on any atom is 0.183 e. The second-order valence-corrected chi connectivity index (χ2v) is 10.1. The molecule has 2 aromatic carbocycles. The van der Waals surface area contributed by atoms with Crippen molar-refractivity contribution < 1.29 is 8.95 Å².